The fraction of sp³-hybridized carbons (Fsp3) is 0.385. The van der Waals surface area contributed by atoms with Gasteiger partial charge in [0.1, 0.15) is 17.3 Å². The number of benzene rings is 2. The number of methoxy groups -OCH3 is 1. The van der Waals surface area contributed by atoms with Crippen molar-refractivity contribution in [3.8, 4) is 11.5 Å². The number of aliphatic hydroxyl groups is 1. The summed E-state index contributed by atoms with van der Waals surface area (Å²) in [4.78, 5) is 29.6. The number of likely N-dealkylation sites (N-methyl/N-ethyl adjacent to an activating group) is 1. The molecular weight excluding hydrogens is 420 g/mol. The monoisotopic (exact) mass is 452 g/mol. The molecule has 0 saturated carbocycles. The van der Waals surface area contributed by atoms with Crippen LogP contribution in [-0.4, -0.2) is 67.5 Å². The fourth-order valence-electron chi connectivity index (χ4n) is 3.90. The van der Waals surface area contributed by atoms with Crippen LogP contribution in [0.5, 0.6) is 11.5 Å². The Hall–Kier alpha value is -3.32. The topological polar surface area (TPSA) is 79.3 Å². The SMILES string of the molecule is CCCOc1ccc(/C(O)=C2/C(=O)C(=O)N(CCN(C)C)C2c2cccc(OC)c2)cc1C. The number of Topliss-reactive ketones (excluding diaryl/α,β-unsaturated/α-hetero) is 1. The number of carbonyl (C=O) groups excluding carboxylic acids is 2. The summed E-state index contributed by atoms with van der Waals surface area (Å²) >= 11 is 0. The average molecular weight is 453 g/mol. The number of likely N-dealkylation sites (tertiary alicyclic amines) is 1. The highest BCUT2D eigenvalue weighted by Crippen LogP contribution is 2.40. The number of ketones is 1. The molecule has 2 aromatic carbocycles. The number of nitrogens with zero attached hydrogens (tertiary/aromatic N) is 2. The molecule has 1 fully saturated rings. The van der Waals surface area contributed by atoms with Gasteiger partial charge in [0.25, 0.3) is 11.7 Å². The van der Waals surface area contributed by atoms with E-state index < -0.39 is 17.7 Å². The van der Waals surface area contributed by atoms with Crippen LogP contribution in [0.1, 0.15) is 36.1 Å². The first-order valence-electron chi connectivity index (χ1n) is 11.1. The molecule has 1 unspecified atom stereocenters. The smallest absolute Gasteiger partial charge is 0.295 e. The number of amides is 1. The summed E-state index contributed by atoms with van der Waals surface area (Å²) in [5.41, 5.74) is 2.09. The molecule has 1 aliphatic rings. The Bertz CT molecular complexity index is 1060. The third-order valence-electron chi connectivity index (χ3n) is 5.65. The molecule has 7 heteroatoms. The van der Waals surface area contributed by atoms with Gasteiger partial charge in [0, 0.05) is 18.7 Å². The highest BCUT2D eigenvalue weighted by molar-refractivity contribution is 6.46. The minimum atomic E-state index is -0.712. The van der Waals surface area contributed by atoms with E-state index >= 15 is 0 Å². The van der Waals surface area contributed by atoms with Crippen molar-refractivity contribution in [1.29, 1.82) is 0 Å². The van der Waals surface area contributed by atoms with Crippen molar-refractivity contribution in [2.45, 2.75) is 26.3 Å². The van der Waals surface area contributed by atoms with E-state index in [0.717, 1.165) is 17.7 Å². The maximum atomic E-state index is 13.1. The molecule has 2 aromatic rings. The van der Waals surface area contributed by atoms with E-state index in [1.807, 2.05) is 45.0 Å². The first kappa shape index (κ1) is 24.3. The molecule has 33 heavy (non-hydrogen) atoms. The van der Waals surface area contributed by atoms with Gasteiger partial charge in [-0.25, -0.2) is 0 Å². The minimum absolute atomic E-state index is 0.0774. The Labute approximate surface area is 195 Å². The molecular formula is C26H32N2O5. The van der Waals surface area contributed by atoms with Crippen molar-refractivity contribution in [3.05, 3.63) is 64.7 Å². The van der Waals surface area contributed by atoms with E-state index in [-0.39, 0.29) is 11.3 Å². The first-order valence-corrected chi connectivity index (χ1v) is 11.1. The standard InChI is InChI=1S/C26H32N2O5/c1-6-14-33-21-11-10-19(15-17(21)2)24(29)22-23(18-8-7-9-20(16-18)32-5)28(13-12-27(3)4)26(31)25(22)30/h7-11,15-16,23,29H,6,12-14H2,1-5H3/b24-22-. The molecule has 1 amide bonds. The lowest BCUT2D eigenvalue weighted by molar-refractivity contribution is -0.140. The third-order valence-corrected chi connectivity index (χ3v) is 5.65. The van der Waals surface area contributed by atoms with Crippen LogP contribution in [0.15, 0.2) is 48.0 Å². The lowest BCUT2D eigenvalue weighted by atomic mass is 9.94. The molecule has 1 atom stereocenters. The summed E-state index contributed by atoms with van der Waals surface area (Å²) in [5, 5.41) is 11.3. The highest BCUT2D eigenvalue weighted by Gasteiger charge is 2.46. The van der Waals surface area contributed by atoms with Gasteiger partial charge in [-0.3, -0.25) is 9.59 Å². The summed E-state index contributed by atoms with van der Waals surface area (Å²) in [7, 11) is 5.37. The van der Waals surface area contributed by atoms with E-state index in [9.17, 15) is 14.7 Å². The molecule has 1 aliphatic heterocycles. The zero-order valence-corrected chi connectivity index (χ0v) is 19.9. The lowest BCUT2D eigenvalue weighted by Crippen LogP contribution is -2.35. The molecule has 0 aromatic heterocycles. The van der Waals surface area contributed by atoms with E-state index in [2.05, 4.69) is 0 Å². The molecule has 3 rings (SSSR count). The van der Waals surface area contributed by atoms with Gasteiger partial charge in [0.05, 0.1) is 25.3 Å². The van der Waals surface area contributed by atoms with Crippen LogP contribution in [0.4, 0.5) is 0 Å². The predicted octanol–water partition coefficient (Wildman–Crippen LogP) is 3.78. The van der Waals surface area contributed by atoms with Crippen molar-refractivity contribution >= 4 is 17.4 Å². The van der Waals surface area contributed by atoms with Crippen LogP contribution in [0, 0.1) is 6.92 Å². The molecule has 0 spiro atoms. The zero-order chi connectivity index (χ0) is 24.1. The summed E-state index contributed by atoms with van der Waals surface area (Å²) in [6.07, 6.45) is 0.887. The van der Waals surface area contributed by atoms with Crippen LogP contribution in [0.25, 0.3) is 5.76 Å². The number of carbonyl (C=O) groups is 2. The average Bonchev–Trinajstić information content (AvgIpc) is 3.06. The van der Waals surface area contributed by atoms with Gasteiger partial charge in [-0.1, -0.05) is 19.1 Å². The van der Waals surface area contributed by atoms with Crippen LogP contribution >= 0.6 is 0 Å². The van der Waals surface area contributed by atoms with E-state index in [0.29, 0.717) is 36.6 Å². The molecule has 1 heterocycles. The summed E-state index contributed by atoms with van der Waals surface area (Å²) in [6.45, 7) is 5.44. The van der Waals surface area contributed by atoms with E-state index in [1.54, 1.807) is 37.4 Å². The number of aliphatic hydroxyl groups excluding tert-OH is 1. The van der Waals surface area contributed by atoms with Crippen LogP contribution < -0.4 is 9.47 Å². The molecule has 176 valence electrons. The number of aryl methyl sites for hydroxylation is 1. The van der Waals surface area contributed by atoms with Gasteiger partial charge < -0.3 is 24.4 Å². The number of hydrogen-bond acceptors (Lipinski definition) is 6. The summed E-state index contributed by atoms with van der Waals surface area (Å²) < 4.78 is 11.1. The molecule has 7 nitrogen and oxygen atoms in total. The van der Waals surface area contributed by atoms with Crippen LogP contribution in [0.2, 0.25) is 0 Å². The van der Waals surface area contributed by atoms with Crippen molar-refractivity contribution in [1.82, 2.24) is 9.80 Å². The van der Waals surface area contributed by atoms with Gasteiger partial charge >= 0.3 is 0 Å². The Balaban J connectivity index is 2.11. The van der Waals surface area contributed by atoms with Gasteiger partial charge in [-0.05, 0) is 68.9 Å². The quantitative estimate of drug-likeness (QED) is 0.354. The first-order chi connectivity index (χ1) is 15.8. The van der Waals surface area contributed by atoms with Crippen molar-refractivity contribution in [2.75, 3.05) is 40.9 Å². The Kier molecular flexibility index (Phi) is 7.76. The van der Waals surface area contributed by atoms with E-state index in [4.69, 9.17) is 9.47 Å². The normalized spacial score (nSPS) is 17.6. The highest BCUT2D eigenvalue weighted by atomic mass is 16.5. The number of ether oxygens (including phenoxy) is 2. The Morgan fingerprint density at radius 2 is 1.91 bits per heavy atom. The Morgan fingerprint density at radius 1 is 1.15 bits per heavy atom. The molecule has 0 radical (unpaired) electrons. The number of rotatable bonds is 9. The Morgan fingerprint density at radius 3 is 2.55 bits per heavy atom. The van der Waals surface area contributed by atoms with Gasteiger partial charge in [0.15, 0.2) is 0 Å². The minimum Gasteiger partial charge on any atom is -0.507 e. The number of hydrogen-bond donors (Lipinski definition) is 1. The van der Waals surface area contributed by atoms with Crippen molar-refractivity contribution < 1.29 is 24.2 Å². The molecule has 1 N–H and O–H groups in total. The maximum absolute atomic E-state index is 13.1. The predicted molar refractivity (Wildman–Crippen MR) is 128 cm³/mol. The second kappa shape index (κ2) is 10.5. The zero-order valence-electron chi connectivity index (χ0n) is 19.9. The van der Waals surface area contributed by atoms with Gasteiger partial charge in [-0.15, -0.1) is 0 Å². The second-order valence-electron chi connectivity index (χ2n) is 8.40. The largest absolute Gasteiger partial charge is 0.507 e. The fourth-order valence-corrected chi connectivity index (χ4v) is 3.90. The lowest BCUT2D eigenvalue weighted by Gasteiger charge is -2.26. The summed E-state index contributed by atoms with van der Waals surface area (Å²) in [6, 6.07) is 11.8. The van der Waals surface area contributed by atoms with Crippen molar-refractivity contribution in [3.63, 3.8) is 0 Å². The molecule has 0 bridgehead atoms. The maximum Gasteiger partial charge on any atom is 0.295 e. The van der Waals surface area contributed by atoms with E-state index in [1.165, 1.54) is 4.90 Å². The molecule has 1 saturated heterocycles. The second-order valence-corrected chi connectivity index (χ2v) is 8.40. The molecule has 0 aliphatic carbocycles. The van der Waals surface area contributed by atoms with Crippen LogP contribution in [-0.2, 0) is 9.59 Å². The van der Waals surface area contributed by atoms with Gasteiger partial charge in [-0.2, -0.15) is 0 Å². The van der Waals surface area contributed by atoms with Gasteiger partial charge in [0.2, 0.25) is 0 Å². The third kappa shape index (κ3) is 5.20. The van der Waals surface area contributed by atoms with Crippen molar-refractivity contribution in [2.24, 2.45) is 0 Å². The summed E-state index contributed by atoms with van der Waals surface area (Å²) in [5.74, 6) is -0.171. The van der Waals surface area contributed by atoms with Crippen LogP contribution in [0.3, 0.4) is 0 Å².